The Morgan fingerprint density at radius 3 is 2.69 bits per heavy atom. The standard InChI is InChI=1S/C25H27F4N5O3S2/c1-33-13-11-18(17(26)15-33)31-23-8-4-7-21-24(38-25(27,28)29)20(32-34(21)23)6-5-12-30-19-10-9-16(39(3,35)36)14-22(19)37-2/h4,7-10,14,17-18,30-31H,11-13,15H2,1-3H3/t17-,18+/m0/s1. The molecule has 8 nitrogen and oxygen atoms in total. The van der Waals surface area contributed by atoms with Crippen LogP contribution in [0.5, 0.6) is 5.75 Å². The molecule has 2 atom stereocenters. The van der Waals surface area contributed by atoms with Gasteiger partial charge in [0.25, 0.3) is 0 Å². The lowest BCUT2D eigenvalue weighted by Gasteiger charge is -2.33. The molecule has 0 aliphatic carbocycles. The molecule has 1 saturated heterocycles. The van der Waals surface area contributed by atoms with Crippen LogP contribution in [0.25, 0.3) is 5.52 Å². The zero-order valence-electron chi connectivity index (χ0n) is 21.3. The molecule has 39 heavy (non-hydrogen) atoms. The number of pyridine rings is 1. The van der Waals surface area contributed by atoms with E-state index in [1.54, 1.807) is 12.1 Å². The van der Waals surface area contributed by atoms with E-state index in [0.29, 0.717) is 24.5 Å². The summed E-state index contributed by atoms with van der Waals surface area (Å²) in [7, 11) is -0.215. The number of rotatable bonds is 7. The van der Waals surface area contributed by atoms with Gasteiger partial charge in [-0.2, -0.15) is 18.3 Å². The number of hydrogen-bond donors (Lipinski definition) is 2. The molecule has 1 aliphatic rings. The molecule has 210 valence electrons. The predicted octanol–water partition coefficient (Wildman–Crippen LogP) is 4.28. The third-order valence-corrected chi connectivity index (χ3v) is 8.03. The molecule has 1 aromatic carbocycles. The van der Waals surface area contributed by atoms with Gasteiger partial charge in [-0.05, 0) is 55.4 Å². The van der Waals surface area contributed by atoms with Gasteiger partial charge in [-0.3, -0.25) is 0 Å². The summed E-state index contributed by atoms with van der Waals surface area (Å²) >= 11 is -0.308. The van der Waals surface area contributed by atoms with E-state index in [2.05, 4.69) is 27.6 Å². The van der Waals surface area contributed by atoms with Crippen LogP contribution < -0.4 is 15.4 Å². The lowest BCUT2D eigenvalue weighted by atomic mass is 10.0. The Hall–Kier alpha value is -3.15. The van der Waals surface area contributed by atoms with Crippen molar-refractivity contribution in [3.8, 4) is 17.6 Å². The molecule has 1 fully saturated rings. The van der Waals surface area contributed by atoms with Crippen molar-refractivity contribution in [2.75, 3.05) is 50.7 Å². The van der Waals surface area contributed by atoms with Crippen LogP contribution >= 0.6 is 11.8 Å². The molecule has 0 saturated carbocycles. The summed E-state index contributed by atoms with van der Waals surface area (Å²) in [6.45, 7) is 0.962. The van der Waals surface area contributed by atoms with E-state index in [0.717, 1.165) is 6.26 Å². The molecule has 0 bridgehead atoms. The Balaban J connectivity index is 1.61. The topological polar surface area (TPSA) is 88.0 Å². The van der Waals surface area contributed by atoms with E-state index in [9.17, 15) is 26.0 Å². The third-order valence-electron chi connectivity index (χ3n) is 6.08. The number of fused-ring (bicyclic) bond motifs is 1. The van der Waals surface area contributed by atoms with Crippen LogP contribution in [0.15, 0.2) is 46.2 Å². The van der Waals surface area contributed by atoms with E-state index in [-0.39, 0.29) is 51.6 Å². The average molecular weight is 586 g/mol. The SMILES string of the molecule is COc1cc(S(C)(=O)=O)ccc1NCC#Cc1nn2c(N[C@@H]3CCN(C)C[C@@H]3F)cccc2c1SC(F)(F)F. The number of sulfone groups is 1. The van der Waals surface area contributed by atoms with Gasteiger partial charge in [0.15, 0.2) is 9.84 Å². The number of hydrogen-bond acceptors (Lipinski definition) is 8. The van der Waals surface area contributed by atoms with E-state index >= 15 is 0 Å². The second kappa shape index (κ2) is 11.5. The number of piperidine rings is 1. The molecule has 3 aromatic rings. The van der Waals surface area contributed by atoms with E-state index < -0.39 is 27.6 Å². The molecule has 2 N–H and O–H groups in total. The van der Waals surface area contributed by atoms with Crippen molar-refractivity contribution in [2.24, 2.45) is 0 Å². The van der Waals surface area contributed by atoms with E-state index in [1.165, 1.54) is 35.9 Å². The summed E-state index contributed by atoms with van der Waals surface area (Å²) < 4.78 is 85.1. The van der Waals surface area contributed by atoms with Crippen LogP contribution in [-0.4, -0.2) is 80.7 Å². The van der Waals surface area contributed by atoms with Crippen molar-refractivity contribution in [1.82, 2.24) is 14.5 Å². The van der Waals surface area contributed by atoms with Gasteiger partial charge in [-0.15, -0.1) is 0 Å². The first-order chi connectivity index (χ1) is 18.4. The lowest BCUT2D eigenvalue weighted by molar-refractivity contribution is -0.0327. The largest absolute Gasteiger partial charge is 0.495 e. The van der Waals surface area contributed by atoms with Crippen molar-refractivity contribution >= 4 is 38.6 Å². The highest BCUT2D eigenvalue weighted by atomic mass is 32.2. The van der Waals surface area contributed by atoms with Gasteiger partial charge in [0.1, 0.15) is 23.4 Å². The van der Waals surface area contributed by atoms with Gasteiger partial charge in [0.2, 0.25) is 0 Å². The van der Waals surface area contributed by atoms with Gasteiger partial charge >= 0.3 is 5.51 Å². The molecule has 14 heteroatoms. The van der Waals surface area contributed by atoms with Crippen molar-refractivity contribution in [3.05, 3.63) is 42.1 Å². The van der Waals surface area contributed by atoms with Crippen LogP contribution in [0.3, 0.4) is 0 Å². The smallest absolute Gasteiger partial charge is 0.446 e. The van der Waals surface area contributed by atoms with Crippen LogP contribution in [0.2, 0.25) is 0 Å². The minimum atomic E-state index is -4.58. The minimum absolute atomic E-state index is 0.0167. The van der Waals surface area contributed by atoms with Crippen LogP contribution in [0, 0.1) is 11.8 Å². The maximum Gasteiger partial charge on any atom is 0.446 e. The van der Waals surface area contributed by atoms with Crippen LogP contribution in [0.1, 0.15) is 12.1 Å². The highest BCUT2D eigenvalue weighted by Gasteiger charge is 2.33. The summed E-state index contributed by atoms with van der Waals surface area (Å²) in [5.74, 6) is 6.12. The molecule has 0 amide bonds. The fourth-order valence-electron chi connectivity index (χ4n) is 4.18. The summed E-state index contributed by atoms with van der Waals surface area (Å²) in [5.41, 5.74) is -3.99. The van der Waals surface area contributed by atoms with Crippen LogP contribution in [0.4, 0.5) is 29.1 Å². The van der Waals surface area contributed by atoms with Gasteiger partial charge in [0.05, 0.1) is 40.7 Å². The Labute approximate surface area is 228 Å². The number of thioether (sulfide) groups is 1. The number of methoxy groups -OCH3 is 1. The monoisotopic (exact) mass is 585 g/mol. The Bertz CT molecular complexity index is 1520. The maximum absolute atomic E-state index is 14.6. The van der Waals surface area contributed by atoms with Gasteiger partial charge < -0.3 is 20.3 Å². The highest BCUT2D eigenvalue weighted by Crippen LogP contribution is 2.41. The summed E-state index contributed by atoms with van der Waals surface area (Å²) in [4.78, 5) is 1.81. The molecule has 0 unspecified atom stereocenters. The fourth-order valence-corrected chi connectivity index (χ4v) is 5.50. The molecule has 2 aromatic heterocycles. The second-order valence-electron chi connectivity index (χ2n) is 9.04. The lowest BCUT2D eigenvalue weighted by Crippen LogP contribution is -2.46. The number of nitrogens with one attached hydrogen (secondary N) is 2. The second-order valence-corrected chi connectivity index (χ2v) is 12.1. The fraction of sp³-hybridized carbons (Fsp3) is 0.400. The third kappa shape index (κ3) is 7.09. The van der Waals surface area contributed by atoms with Crippen molar-refractivity contribution in [1.29, 1.82) is 0 Å². The number of alkyl halides is 4. The quantitative estimate of drug-likeness (QED) is 0.242. The number of halogens is 4. The Morgan fingerprint density at radius 1 is 1.26 bits per heavy atom. The van der Waals surface area contributed by atoms with Gasteiger partial charge in [-0.25, -0.2) is 17.3 Å². The number of likely N-dealkylation sites (tertiary alicyclic amines) is 1. The Morgan fingerprint density at radius 2 is 2.03 bits per heavy atom. The van der Waals surface area contributed by atoms with Gasteiger partial charge in [0, 0.05) is 25.4 Å². The molecule has 3 heterocycles. The van der Waals surface area contributed by atoms with Crippen molar-refractivity contribution < 1.29 is 30.7 Å². The van der Waals surface area contributed by atoms with E-state index in [4.69, 9.17) is 4.74 Å². The van der Waals surface area contributed by atoms with E-state index in [1.807, 2.05) is 11.9 Å². The zero-order valence-corrected chi connectivity index (χ0v) is 23.0. The molecular formula is C25H27F4N5O3S2. The predicted molar refractivity (Wildman–Crippen MR) is 143 cm³/mol. The number of aromatic nitrogens is 2. The number of nitrogens with zero attached hydrogens (tertiary/aromatic N) is 3. The molecule has 0 radical (unpaired) electrons. The first-order valence-corrected chi connectivity index (χ1v) is 14.5. The molecule has 1 aliphatic heterocycles. The normalized spacial score (nSPS) is 18.4. The molecular weight excluding hydrogens is 558 g/mol. The number of anilines is 2. The van der Waals surface area contributed by atoms with Crippen molar-refractivity contribution in [2.45, 2.75) is 33.9 Å². The summed E-state index contributed by atoms with van der Waals surface area (Å²) in [5, 5.41) is 10.4. The first-order valence-electron chi connectivity index (χ1n) is 11.8. The highest BCUT2D eigenvalue weighted by molar-refractivity contribution is 8.00. The maximum atomic E-state index is 14.6. The van der Waals surface area contributed by atoms with Crippen LogP contribution in [-0.2, 0) is 9.84 Å². The zero-order chi connectivity index (χ0) is 28.4. The Kier molecular flexibility index (Phi) is 8.53. The number of benzene rings is 1. The van der Waals surface area contributed by atoms with Gasteiger partial charge in [-0.1, -0.05) is 12.0 Å². The first kappa shape index (κ1) is 28.8. The van der Waals surface area contributed by atoms with Crippen molar-refractivity contribution in [3.63, 3.8) is 0 Å². The minimum Gasteiger partial charge on any atom is -0.495 e. The summed E-state index contributed by atoms with van der Waals surface area (Å²) in [6, 6.07) is 8.53. The molecule has 0 spiro atoms. The number of ether oxygens (including phenoxy) is 1. The average Bonchev–Trinajstić information content (AvgIpc) is 3.19. The molecule has 4 rings (SSSR count). The summed E-state index contributed by atoms with van der Waals surface area (Å²) in [6.07, 6.45) is 0.468.